The van der Waals surface area contributed by atoms with Gasteiger partial charge >= 0.3 is 0 Å². The Balaban J connectivity index is 0.998. The normalized spacial score (nSPS) is 24.1. The molecule has 0 saturated carbocycles. The van der Waals surface area contributed by atoms with Crippen LogP contribution in [0.15, 0.2) is 212 Å². The smallest absolute Gasteiger partial charge is 0.171 e. The second kappa shape index (κ2) is 12.3. The van der Waals surface area contributed by atoms with E-state index < -0.39 is 5.41 Å². The highest BCUT2D eigenvalue weighted by Crippen LogP contribution is 2.75. The van der Waals surface area contributed by atoms with Crippen molar-refractivity contribution >= 4 is 49.7 Å². The summed E-state index contributed by atoms with van der Waals surface area (Å²) in [4.78, 5) is 31.4. The van der Waals surface area contributed by atoms with Crippen LogP contribution in [0.2, 0.25) is 0 Å². The van der Waals surface area contributed by atoms with Crippen molar-refractivity contribution in [2.45, 2.75) is 46.3 Å². The largest absolute Gasteiger partial charge is 0.308 e. The van der Waals surface area contributed by atoms with E-state index >= 15 is 9.59 Å². The predicted octanol–water partition coefficient (Wildman–Crippen LogP) is 15.0. The molecule has 3 heteroatoms. The summed E-state index contributed by atoms with van der Waals surface area (Å²) >= 11 is 0. The number of ketones is 2. The summed E-state index contributed by atoms with van der Waals surface area (Å²) in [5, 5.41) is 4.71. The molecule has 6 atom stereocenters. The highest BCUT2D eigenvalue weighted by Gasteiger charge is 2.69. The highest BCUT2D eigenvalue weighted by molar-refractivity contribution is 6.29. The fraction of sp³-hybridized carbons (Fsp3) is 0.114. The lowest BCUT2D eigenvalue weighted by Gasteiger charge is -2.64. The highest BCUT2D eigenvalue weighted by atomic mass is 16.1. The van der Waals surface area contributed by atoms with E-state index in [4.69, 9.17) is 0 Å². The Morgan fingerprint density at radius 2 is 0.890 bits per heavy atom. The van der Waals surface area contributed by atoms with Crippen LogP contribution >= 0.6 is 0 Å². The lowest BCUT2D eigenvalue weighted by atomic mass is 9.36. The molecule has 2 bridgehead atoms. The Morgan fingerprint density at radius 3 is 1.58 bits per heavy atom. The molecule has 0 saturated heterocycles. The van der Waals surface area contributed by atoms with Crippen molar-refractivity contribution in [3.8, 4) is 11.1 Å². The van der Waals surface area contributed by atoms with Crippen LogP contribution in [0.1, 0.15) is 129 Å². The molecule has 6 unspecified atom stereocenters. The number of fused-ring (bicyclic) bond motifs is 23. The second-order valence-electron chi connectivity index (χ2n) is 22.3. The zero-order valence-corrected chi connectivity index (χ0v) is 39.5. The summed E-state index contributed by atoms with van der Waals surface area (Å²) in [7, 11) is 0. The number of Topliss-reactive ketones (excluding diaryl/α,β-unsaturated/α-hetero) is 2. The Labute approximate surface area is 420 Å². The third kappa shape index (κ3) is 3.83. The van der Waals surface area contributed by atoms with E-state index in [9.17, 15) is 0 Å². The fourth-order valence-electron chi connectivity index (χ4n) is 17.6. The Morgan fingerprint density at radius 1 is 0.384 bits per heavy atom. The van der Waals surface area contributed by atoms with Gasteiger partial charge in [0.1, 0.15) is 0 Å². The number of rotatable bonds is 2. The van der Waals surface area contributed by atoms with Crippen molar-refractivity contribution in [1.29, 1.82) is 0 Å². The van der Waals surface area contributed by atoms with Crippen LogP contribution in [0.25, 0.3) is 49.2 Å². The van der Waals surface area contributed by atoms with Crippen LogP contribution in [0, 0.1) is 0 Å². The first-order valence-corrected chi connectivity index (χ1v) is 26.1. The standard InChI is InChI=1S/C70H41NO2/c72-66-49-34-59-51(33-46(49)61-41-23-9-13-27-54(41)68(61)36-52(66)40-22-7-12-26-53(40)68)60-63-45(39-21-8-14-28-55(39)69(63,37-17-3-1-4-18-37)38-19-5-2-6-20-38)32-48-44-31-47-50(35-58(44)71(59)65(48)60)67(73)64-43-25-11-16-30-57(43)70(64)56-29-15-10-24-42(56)62(47)70/h1-35,52,61-62,64H,36H2. The van der Waals surface area contributed by atoms with Gasteiger partial charge in [-0.3, -0.25) is 9.59 Å². The van der Waals surface area contributed by atoms with Gasteiger partial charge in [-0.2, -0.15) is 0 Å². The number of carbonyl (C=O) groups is 2. The van der Waals surface area contributed by atoms with E-state index in [0.717, 1.165) is 61.6 Å². The lowest BCUT2D eigenvalue weighted by Crippen LogP contribution is -2.61. The topological polar surface area (TPSA) is 38.5 Å². The average molecular weight is 928 g/mol. The van der Waals surface area contributed by atoms with Crippen molar-refractivity contribution in [3.05, 3.63) is 301 Å². The molecule has 10 aromatic carbocycles. The van der Waals surface area contributed by atoms with Gasteiger partial charge in [0.2, 0.25) is 0 Å². The van der Waals surface area contributed by atoms with Crippen LogP contribution < -0.4 is 0 Å². The minimum Gasteiger partial charge on any atom is -0.308 e. The number of nitrogens with zero attached hydrogens (tertiary/aromatic N) is 1. The maximum Gasteiger partial charge on any atom is 0.171 e. The van der Waals surface area contributed by atoms with E-state index in [0.29, 0.717) is 0 Å². The van der Waals surface area contributed by atoms with Crippen molar-refractivity contribution in [2.75, 3.05) is 0 Å². The van der Waals surface area contributed by atoms with Crippen LogP contribution in [-0.4, -0.2) is 16.0 Å². The van der Waals surface area contributed by atoms with Crippen molar-refractivity contribution in [2.24, 2.45) is 0 Å². The van der Waals surface area contributed by atoms with Gasteiger partial charge in [0, 0.05) is 61.3 Å². The number of carbonyl (C=O) groups excluding carboxylic acids is 2. The van der Waals surface area contributed by atoms with E-state index in [2.05, 4.69) is 217 Å². The molecule has 19 rings (SSSR count). The van der Waals surface area contributed by atoms with Gasteiger partial charge in [0.25, 0.3) is 0 Å². The molecule has 0 aliphatic heterocycles. The van der Waals surface area contributed by atoms with Crippen molar-refractivity contribution < 1.29 is 9.59 Å². The Hall–Kier alpha value is -8.66. The van der Waals surface area contributed by atoms with Gasteiger partial charge in [0.05, 0.1) is 27.9 Å². The van der Waals surface area contributed by atoms with Crippen molar-refractivity contribution in [1.82, 2.24) is 4.40 Å². The summed E-state index contributed by atoms with van der Waals surface area (Å²) in [5.74, 6) is 0.0413. The first-order valence-electron chi connectivity index (χ1n) is 26.1. The first-order chi connectivity index (χ1) is 36.1. The number of hydrogen-bond donors (Lipinski definition) is 0. The molecule has 338 valence electrons. The maximum atomic E-state index is 15.8. The summed E-state index contributed by atoms with van der Waals surface area (Å²) < 4.78 is 2.48. The molecule has 2 spiro atoms. The van der Waals surface area contributed by atoms with Gasteiger partial charge in [-0.25, -0.2) is 0 Å². The summed E-state index contributed by atoms with van der Waals surface area (Å²) in [5.41, 5.74) is 23.5. The monoisotopic (exact) mass is 927 g/mol. The average Bonchev–Trinajstić information content (AvgIpc) is 4.17. The zero-order valence-electron chi connectivity index (χ0n) is 39.5. The van der Waals surface area contributed by atoms with E-state index in [1.807, 2.05) is 0 Å². The summed E-state index contributed by atoms with van der Waals surface area (Å²) in [6, 6.07) is 78.7. The zero-order chi connectivity index (χ0) is 47.4. The third-order valence-corrected chi connectivity index (χ3v) is 20.0. The molecule has 7 aliphatic carbocycles. The number of benzene rings is 10. The Bertz CT molecular complexity index is 4580. The molecule has 12 aromatic rings. The second-order valence-corrected chi connectivity index (χ2v) is 22.3. The molecule has 0 fully saturated rings. The predicted molar refractivity (Wildman–Crippen MR) is 288 cm³/mol. The number of aromatic nitrogens is 1. The first kappa shape index (κ1) is 38.1. The van der Waals surface area contributed by atoms with Crippen LogP contribution in [0.3, 0.4) is 0 Å². The molecular formula is C70H41NO2. The Kier molecular flexibility index (Phi) is 6.43. The SMILES string of the molecule is O=C1c2cc3c(cc2C2c4ccccc4C24CC1c1ccccc14)c1c2c(cc4c5cc6c(cc5n3c41)C(=O)C1c3ccccc3C13c1ccccc1C63)-c1ccccc1C2(c1ccccc1)c1ccccc1. The van der Waals surface area contributed by atoms with Crippen LogP contribution in [0.5, 0.6) is 0 Å². The molecule has 0 N–H and O–H groups in total. The molecule has 2 heterocycles. The van der Waals surface area contributed by atoms with Crippen LogP contribution in [-0.2, 0) is 16.2 Å². The van der Waals surface area contributed by atoms with Gasteiger partial charge < -0.3 is 4.40 Å². The van der Waals surface area contributed by atoms with E-state index in [-0.39, 0.29) is 46.1 Å². The lowest BCUT2D eigenvalue weighted by molar-refractivity contribution is 0.0846. The van der Waals surface area contributed by atoms with Gasteiger partial charge in [0.15, 0.2) is 11.6 Å². The maximum absolute atomic E-state index is 15.8. The molecular weight excluding hydrogens is 887 g/mol. The molecule has 2 aromatic heterocycles. The minimum atomic E-state index is -0.673. The number of hydrogen-bond acceptors (Lipinski definition) is 2. The fourth-order valence-corrected chi connectivity index (χ4v) is 17.6. The molecule has 3 nitrogen and oxygen atoms in total. The molecule has 73 heavy (non-hydrogen) atoms. The molecule has 0 amide bonds. The van der Waals surface area contributed by atoms with Crippen LogP contribution in [0.4, 0.5) is 0 Å². The van der Waals surface area contributed by atoms with Gasteiger partial charge in [-0.15, -0.1) is 0 Å². The van der Waals surface area contributed by atoms with E-state index in [1.165, 1.54) is 83.1 Å². The quantitative estimate of drug-likeness (QED) is 0.173. The van der Waals surface area contributed by atoms with E-state index in [1.54, 1.807) is 0 Å². The minimum absolute atomic E-state index is 0.0244. The molecule has 0 radical (unpaired) electrons. The summed E-state index contributed by atoms with van der Waals surface area (Å²) in [6.07, 6.45) is 0.777. The van der Waals surface area contributed by atoms with Gasteiger partial charge in [-0.05, 0) is 126 Å². The van der Waals surface area contributed by atoms with Gasteiger partial charge in [-0.1, -0.05) is 182 Å². The van der Waals surface area contributed by atoms with Crippen molar-refractivity contribution in [3.63, 3.8) is 0 Å². The summed E-state index contributed by atoms with van der Waals surface area (Å²) in [6.45, 7) is 0. The molecule has 7 aliphatic rings. The third-order valence-electron chi connectivity index (χ3n) is 20.0.